The topological polar surface area (TPSA) is 78.5 Å². The molecule has 1 aromatic carbocycles. The van der Waals surface area contributed by atoms with Crippen molar-refractivity contribution in [1.29, 1.82) is 0 Å². The SMILES string of the molecule is C[C@@H](C(=O)Nc1cccc(Cl)c1Cl)N1CCC(NS(=O)(=O)c2cccs2)CC1. The molecule has 1 fully saturated rings. The fourth-order valence-corrected chi connectivity index (χ4v) is 5.76. The number of thiophene rings is 1. The lowest BCUT2D eigenvalue weighted by molar-refractivity contribution is -0.121. The van der Waals surface area contributed by atoms with Gasteiger partial charge in [0.25, 0.3) is 0 Å². The van der Waals surface area contributed by atoms with E-state index in [-0.39, 0.29) is 18.0 Å². The number of halogens is 2. The summed E-state index contributed by atoms with van der Waals surface area (Å²) in [6.45, 7) is 3.06. The molecule has 0 unspecified atom stereocenters. The minimum absolute atomic E-state index is 0.138. The van der Waals surface area contributed by atoms with Gasteiger partial charge in [0, 0.05) is 19.1 Å². The minimum Gasteiger partial charge on any atom is -0.323 e. The van der Waals surface area contributed by atoms with Crippen LogP contribution in [-0.2, 0) is 14.8 Å². The molecule has 1 aromatic heterocycles. The summed E-state index contributed by atoms with van der Waals surface area (Å²) in [6, 6.07) is 7.88. The Balaban J connectivity index is 1.54. The lowest BCUT2D eigenvalue weighted by atomic mass is 10.0. The third-order valence-corrected chi connectivity index (χ3v) is 8.48. The molecule has 0 bridgehead atoms. The maximum atomic E-state index is 12.6. The zero-order valence-electron chi connectivity index (χ0n) is 15.2. The standard InChI is InChI=1S/C18H21Cl2N3O3S2/c1-12(18(24)21-15-5-2-4-14(19)17(15)20)23-9-7-13(8-10-23)22-28(25,26)16-6-3-11-27-16/h2-6,11-13,22H,7-10H2,1H3,(H,21,24)/t12-/m0/s1. The van der Waals surface area contributed by atoms with Crippen molar-refractivity contribution < 1.29 is 13.2 Å². The molecule has 1 atom stereocenters. The predicted octanol–water partition coefficient (Wildman–Crippen LogP) is 3.82. The van der Waals surface area contributed by atoms with E-state index in [4.69, 9.17) is 23.2 Å². The van der Waals surface area contributed by atoms with Gasteiger partial charge in [0.05, 0.1) is 21.8 Å². The number of rotatable bonds is 6. The Labute approximate surface area is 178 Å². The van der Waals surface area contributed by atoms with Gasteiger partial charge in [-0.2, -0.15) is 0 Å². The maximum Gasteiger partial charge on any atom is 0.250 e. The first-order valence-electron chi connectivity index (χ1n) is 8.82. The number of sulfonamides is 1. The zero-order chi connectivity index (χ0) is 20.3. The summed E-state index contributed by atoms with van der Waals surface area (Å²) in [5.41, 5.74) is 0.476. The average molecular weight is 462 g/mol. The molecule has 28 heavy (non-hydrogen) atoms. The van der Waals surface area contributed by atoms with Gasteiger partial charge < -0.3 is 5.32 Å². The number of likely N-dealkylation sites (tertiary alicyclic amines) is 1. The first-order chi connectivity index (χ1) is 13.3. The second-order valence-corrected chi connectivity index (χ2v) is 10.3. The van der Waals surface area contributed by atoms with E-state index in [1.54, 1.807) is 35.7 Å². The molecule has 0 radical (unpaired) electrons. The van der Waals surface area contributed by atoms with Gasteiger partial charge in [0.2, 0.25) is 15.9 Å². The molecule has 152 valence electrons. The summed E-state index contributed by atoms with van der Waals surface area (Å²) in [7, 11) is -3.48. The van der Waals surface area contributed by atoms with Crippen molar-refractivity contribution in [3.8, 4) is 0 Å². The summed E-state index contributed by atoms with van der Waals surface area (Å²) < 4.78 is 27.8. The number of carbonyl (C=O) groups excluding carboxylic acids is 1. The van der Waals surface area contributed by atoms with Crippen molar-refractivity contribution >= 4 is 56.2 Å². The van der Waals surface area contributed by atoms with E-state index in [2.05, 4.69) is 10.0 Å². The summed E-state index contributed by atoms with van der Waals surface area (Å²) in [4.78, 5) is 14.6. The predicted molar refractivity (Wildman–Crippen MR) is 114 cm³/mol. The molecule has 2 heterocycles. The molecule has 0 spiro atoms. The molecule has 10 heteroatoms. The van der Waals surface area contributed by atoms with E-state index >= 15 is 0 Å². The Kier molecular flexibility index (Phi) is 7.01. The minimum atomic E-state index is -3.48. The fourth-order valence-electron chi connectivity index (χ4n) is 3.10. The molecule has 2 aromatic rings. The molecule has 2 N–H and O–H groups in total. The third kappa shape index (κ3) is 5.06. The summed E-state index contributed by atoms with van der Waals surface area (Å²) in [5, 5.41) is 5.24. The monoisotopic (exact) mass is 461 g/mol. The molecular formula is C18H21Cl2N3O3S2. The van der Waals surface area contributed by atoms with Gasteiger partial charge in [-0.1, -0.05) is 35.3 Å². The summed E-state index contributed by atoms with van der Waals surface area (Å²) >= 11 is 13.3. The molecular weight excluding hydrogens is 441 g/mol. The molecule has 1 amide bonds. The quantitative estimate of drug-likeness (QED) is 0.684. The summed E-state index contributed by atoms with van der Waals surface area (Å²) in [5.74, 6) is -0.179. The van der Waals surface area contributed by atoms with E-state index in [1.807, 2.05) is 11.8 Å². The number of hydrogen-bond donors (Lipinski definition) is 2. The maximum absolute atomic E-state index is 12.6. The van der Waals surface area contributed by atoms with Gasteiger partial charge in [0.1, 0.15) is 4.21 Å². The largest absolute Gasteiger partial charge is 0.323 e. The zero-order valence-corrected chi connectivity index (χ0v) is 18.3. The lowest BCUT2D eigenvalue weighted by Gasteiger charge is -2.35. The van der Waals surface area contributed by atoms with Crippen LogP contribution in [0.1, 0.15) is 19.8 Å². The molecule has 1 aliphatic rings. The van der Waals surface area contributed by atoms with E-state index < -0.39 is 10.0 Å². The number of amides is 1. The Hall–Kier alpha value is -1.16. The molecule has 0 aliphatic carbocycles. The Morgan fingerprint density at radius 3 is 2.57 bits per heavy atom. The van der Waals surface area contributed by atoms with Crippen molar-refractivity contribution in [2.45, 2.75) is 36.1 Å². The number of nitrogens with zero attached hydrogens (tertiary/aromatic N) is 1. The van der Waals surface area contributed by atoms with Crippen LogP contribution in [0.3, 0.4) is 0 Å². The Bertz CT molecular complexity index is 928. The first-order valence-corrected chi connectivity index (χ1v) is 11.9. The van der Waals surface area contributed by atoms with Gasteiger partial charge in [0.15, 0.2) is 0 Å². The van der Waals surface area contributed by atoms with E-state index in [9.17, 15) is 13.2 Å². The highest BCUT2D eigenvalue weighted by Gasteiger charge is 2.29. The van der Waals surface area contributed by atoms with Crippen LogP contribution in [0.2, 0.25) is 10.0 Å². The van der Waals surface area contributed by atoms with Crippen LogP contribution in [0.4, 0.5) is 5.69 Å². The van der Waals surface area contributed by atoms with Crippen LogP contribution in [0, 0.1) is 0 Å². The molecule has 1 saturated heterocycles. The normalized spacial score (nSPS) is 17.4. The number of benzene rings is 1. The third-order valence-electron chi connectivity index (χ3n) is 4.75. The van der Waals surface area contributed by atoms with Crippen molar-refractivity contribution in [1.82, 2.24) is 9.62 Å². The Morgan fingerprint density at radius 1 is 1.21 bits per heavy atom. The second kappa shape index (κ2) is 9.11. The van der Waals surface area contributed by atoms with Gasteiger partial charge in [-0.3, -0.25) is 9.69 Å². The molecule has 0 saturated carbocycles. The highest BCUT2D eigenvalue weighted by molar-refractivity contribution is 7.91. The highest BCUT2D eigenvalue weighted by Crippen LogP contribution is 2.30. The molecule has 3 rings (SSSR count). The van der Waals surface area contributed by atoms with Crippen molar-refractivity contribution in [2.24, 2.45) is 0 Å². The van der Waals surface area contributed by atoms with Gasteiger partial charge >= 0.3 is 0 Å². The summed E-state index contributed by atoms with van der Waals surface area (Å²) in [6.07, 6.45) is 1.28. The number of nitrogens with one attached hydrogen (secondary N) is 2. The van der Waals surface area contributed by atoms with Gasteiger partial charge in [-0.05, 0) is 43.3 Å². The van der Waals surface area contributed by atoms with Crippen LogP contribution < -0.4 is 10.0 Å². The molecule has 6 nitrogen and oxygen atoms in total. The lowest BCUT2D eigenvalue weighted by Crippen LogP contribution is -2.50. The van der Waals surface area contributed by atoms with Crippen LogP contribution in [0.5, 0.6) is 0 Å². The first kappa shape index (κ1) is 21.5. The number of hydrogen-bond acceptors (Lipinski definition) is 5. The van der Waals surface area contributed by atoms with Crippen molar-refractivity contribution in [2.75, 3.05) is 18.4 Å². The Morgan fingerprint density at radius 2 is 1.93 bits per heavy atom. The highest BCUT2D eigenvalue weighted by atomic mass is 35.5. The number of carbonyl (C=O) groups is 1. The average Bonchev–Trinajstić information content (AvgIpc) is 3.21. The number of piperidine rings is 1. The smallest absolute Gasteiger partial charge is 0.250 e. The molecule has 1 aliphatic heterocycles. The van der Waals surface area contributed by atoms with E-state index in [1.165, 1.54) is 11.3 Å². The van der Waals surface area contributed by atoms with Crippen LogP contribution in [0.25, 0.3) is 0 Å². The van der Waals surface area contributed by atoms with E-state index in [0.717, 1.165) is 0 Å². The van der Waals surface area contributed by atoms with Crippen LogP contribution in [-0.4, -0.2) is 44.4 Å². The van der Waals surface area contributed by atoms with Crippen molar-refractivity contribution in [3.05, 3.63) is 45.8 Å². The van der Waals surface area contributed by atoms with E-state index in [0.29, 0.717) is 45.9 Å². The van der Waals surface area contributed by atoms with Gasteiger partial charge in [-0.15, -0.1) is 11.3 Å². The number of anilines is 1. The fraction of sp³-hybridized carbons (Fsp3) is 0.389. The van der Waals surface area contributed by atoms with Gasteiger partial charge in [-0.25, -0.2) is 13.1 Å². The van der Waals surface area contributed by atoms with Crippen molar-refractivity contribution in [3.63, 3.8) is 0 Å². The van der Waals surface area contributed by atoms with Crippen LogP contribution >= 0.6 is 34.5 Å². The van der Waals surface area contributed by atoms with Crippen LogP contribution in [0.15, 0.2) is 39.9 Å². The second-order valence-electron chi connectivity index (χ2n) is 6.63.